The highest BCUT2D eigenvalue weighted by Gasteiger charge is 2.06. The van der Waals surface area contributed by atoms with Gasteiger partial charge in [0.05, 0.1) is 7.11 Å². The summed E-state index contributed by atoms with van der Waals surface area (Å²) in [7, 11) is 1.65. The molecule has 0 unspecified atom stereocenters. The lowest BCUT2D eigenvalue weighted by Crippen LogP contribution is -2.03. The maximum Gasteiger partial charge on any atom is 0.123 e. The first-order valence-corrected chi connectivity index (χ1v) is 6.69. The minimum atomic E-state index is 0.630. The molecule has 1 N–H and O–H groups in total. The average Bonchev–Trinajstić information content (AvgIpc) is 2.40. The Hall–Kier alpha value is -1.38. The highest BCUT2D eigenvalue weighted by atomic mass is 35.5. The molecule has 0 aliphatic heterocycles. The molecule has 0 spiro atoms. The summed E-state index contributed by atoms with van der Waals surface area (Å²) in [4.78, 5) is 0. The number of hydrogen-bond donors (Lipinski definition) is 1. The second-order valence-electron chi connectivity index (χ2n) is 4.22. The van der Waals surface area contributed by atoms with Crippen molar-refractivity contribution in [3.05, 3.63) is 57.6 Å². The molecule has 100 valence electrons. The summed E-state index contributed by atoms with van der Waals surface area (Å²) in [6.45, 7) is 2.62. The Bertz CT molecular complexity index is 584. The van der Waals surface area contributed by atoms with Gasteiger partial charge in [0.15, 0.2) is 0 Å². The fourth-order valence-electron chi connectivity index (χ4n) is 1.87. The topological polar surface area (TPSA) is 21.3 Å². The smallest absolute Gasteiger partial charge is 0.123 e. The minimum Gasteiger partial charge on any atom is -0.496 e. The van der Waals surface area contributed by atoms with Crippen LogP contribution in [0.5, 0.6) is 5.75 Å². The van der Waals surface area contributed by atoms with Crippen LogP contribution in [-0.2, 0) is 6.54 Å². The van der Waals surface area contributed by atoms with Crippen LogP contribution >= 0.6 is 23.2 Å². The van der Waals surface area contributed by atoms with Gasteiger partial charge in [-0.1, -0.05) is 29.3 Å². The molecular formula is C15H15Cl2NO. The molecule has 0 saturated heterocycles. The second kappa shape index (κ2) is 6.18. The molecule has 0 aliphatic carbocycles. The molecule has 0 heterocycles. The van der Waals surface area contributed by atoms with E-state index in [1.165, 1.54) is 0 Å². The summed E-state index contributed by atoms with van der Waals surface area (Å²) in [5.41, 5.74) is 3.05. The number of ether oxygens (including phenoxy) is 1. The van der Waals surface area contributed by atoms with E-state index in [2.05, 4.69) is 5.32 Å². The van der Waals surface area contributed by atoms with Gasteiger partial charge in [0.25, 0.3) is 0 Å². The molecule has 0 saturated carbocycles. The third-order valence-corrected chi connectivity index (χ3v) is 3.62. The van der Waals surface area contributed by atoms with E-state index in [-0.39, 0.29) is 0 Å². The van der Waals surface area contributed by atoms with Gasteiger partial charge in [-0.05, 0) is 42.8 Å². The van der Waals surface area contributed by atoms with Crippen molar-refractivity contribution in [1.82, 2.24) is 0 Å². The lowest BCUT2D eigenvalue weighted by molar-refractivity contribution is 0.410. The number of benzene rings is 2. The van der Waals surface area contributed by atoms with E-state index in [4.69, 9.17) is 27.9 Å². The van der Waals surface area contributed by atoms with Crippen molar-refractivity contribution in [2.24, 2.45) is 0 Å². The minimum absolute atomic E-state index is 0.630. The Labute approximate surface area is 123 Å². The Morgan fingerprint density at radius 3 is 2.68 bits per heavy atom. The molecule has 0 atom stereocenters. The van der Waals surface area contributed by atoms with E-state index in [0.29, 0.717) is 11.6 Å². The van der Waals surface area contributed by atoms with Crippen LogP contribution in [0.2, 0.25) is 10.0 Å². The van der Waals surface area contributed by atoms with Crippen molar-refractivity contribution in [3.63, 3.8) is 0 Å². The zero-order valence-electron chi connectivity index (χ0n) is 10.8. The molecule has 4 heteroatoms. The molecule has 0 radical (unpaired) electrons. The summed E-state index contributed by atoms with van der Waals surface area (Å²) in [6.07, 6.45) is 0. The van der Waals surface area contributed by atoms with Gasteiger partial charge in [0.1, 0.15) is 5.75 Å². The Balaban J connectivity index is 2.18. The number of nitrogens with one attached hydrogen (secondary N) is 1. The van der Waals surface area contributed by atoms with Crippen molar-refractivity contribution in [2.75, 3.05) is 12.4 Å². The monoisotopic (exact) mass is 295 g/mol. The Kier molecular flexibility index (Phi) is 4.56. The van der Waals surface area contributed by atoms with Gasteiger partial charge in [-0.25, -0.2) is 0 Å². The summed E-state index contributed by atoms with van der Waals surface area (Å²) in [6, 6.07) is 11.4. The van der Waals surface area contributed by atoms with Crippen LogP contribution < -0.4 is 10.1 Å². The van der Waals surface area contributed by atoms with Gasteiger partial charge in [0.2, 0.25) is 0 Å². The first kappa shape index (κ1) is 14.0. The van der Waals surface area contributed by atoms with Crippen LogP contribution in [-0.4, -0.2) is 7.11 Å². The van der Waals surface area contributed by atoms with Crippen LogP contribution in [0, 0.1) is 6.92 Å². The Morgan fingerprint density at radius 2 is 1.95 bits per heavy atom. The fourth-order valence-corrected chi connectivity index (χ4v) is 2.24. The van der Waals surface area contributed by atoms with Gasteiger partial charge < -0.3 is 10.1 Å². The van der Waals surface area contributed by atoms with Crippen molar-refractivity contribution in [2.45, 2.75) is 13.5 Å². The number of rotatable bonds is 4. The van der Waals surface area contributed by atoms with E-state index in [0.717, 1.165) is 27.6 Å². The summed E-state index contributed by atoms with van der Waals surface area (Å²) < 4.78 is 5.32. The number of hydrogen-bond acceptors (Lipinski definition) is 2. The average molecular weight is 296 g/mol. The summed E-state index contributed by atoms with van der Waals surface area (Å²) >= 11 is 12.1. The van der Waals surface area contributed by atoms with Crippen molar-refractivity contribution >= 4 is 28.9 Å². The maximum absolute atomic E-state index is 6.09. The van der Waals surface area contributed by atoms with Crippen LogP contribution in [0.25, 0.3) is 0 Å². The van der Waals surface area contributed by atoms with Crippen LogP contribution in [0.3, 0.4) is 0 Å². The van der Waals surface area contributed by atoms with Crippen LogP contribution in [0.1, 0.15) is 11.1 Å². The zero-order chi connectivity index (χ0) is 13.8. The normalized spacial score (nSPS) is 10.3. The van der Waals surface area contributed by atoms with Crippen LogP contribution in [0.15, 0.2) is 36.4 Å². The molecule has 2 aromatic carbocycles. The van der Waals surface area contributed by atoms with Gasteiger partial charge in [0, 0.05) is 27.8 Å². The summed E-state index contributed by atoms with van der Waals surface area (Å²) in [5.74, 6) is 0.816. The first-order chi connectivity index (χ1) is 9.11. The van der Waals surface area contributed by atoms with E-state index < -0.39 is 0 Å². The quantitative estimate of drug-likeness (QED) is 0.864. The molecule has 0 fully saturated rings. The lowest BCUT2D eigenvalue weighted by atomic mass is 10.1. The molecule has 2 aromatic rings. The van der Waals surface area contributed by atoms with Gasteiger partial charge in [-0.2, -0.15) is 0 Å². The van der Waals surface area contributed by atoms with Gasteiger partial charge >= 0.3 is 0 Å². The Morgan fingerprint density at radius 1 is 1.16 bits per heavy atom. The van der Waals surface area contributed by atoms with Crippen LogP contribution in [0.4, 0.5) is 5.69 Å². The molecule has 2 rings (SSSR count). The predicted octanol–water partition coefficient (Wildman–Crippen LogP) is 4.92. The van der Waals surface area contributed by atoms with E-state index in [9.17, 15) is 0 Å². The molecule has 2 nitrogen and oxygen atoms in total. The van der Waals surface area contributed by atoms with E-state index in [1.807, 2.05) is 43.3 Å². The van der Waals surface area contributed by atoms with Gasteiger partial charge in [-0.3, -0.25) is 0 Å². The number of methoxy groups -OCH3 is 1. The summed E-state index contributed by atoms with van der Waals surface area (Å²) in [5, 5.41) is 4.80. The molecular weight excluding hydrogens is 281 g/mol. The number of halogens is 2. The zero-order valence-corrected chi connectivity index (χ0v) is 12.3. The fraction of sp³-hybridized carbons (Fsp3) is 0.200. The van der Waals surface area contributed by atoms with E-state index in [1.54, 1.807) is 7.11 Å². The highest BCUT2D eigenvalue weighted by molar-refractivity contribution is 6.31. The molecule has 0 bridgehead atoms. The van der Waals surface area contributed by atoms with Crippen molar-refractivity contribution < 1.29 is 4.74 Å². The van der Waals surface area contributed by atoms with Crippen molar-refractivity contribution in [3.8, 4) is 5.75 Å². The third-order valence-electron chi connectivity index (χ3n) is 2.98. The molecule has 0 aromatic heterocycles. The van der Waals surface area contributed by atoms with Gasteiger partial charge in [-0.15, -0.1) is 0 Å². The molecule has 19 heavy (non-hydrogen) atoms. The maximum atomic E-state index is 6.09. The SMILES string of the molecule is COc1ccc(Cl)cc1CNc1cccc(Cl)c1C. The lowest BCUT2D eigenvalue weighted by Gasteiger charge is -2.13. The number of anilines is 1. The highest BCUT2D eigenvalue weighted by Crippen LogP contribution is 2.26. The first-order valence-electron chi connectivity index (χ1n) is 5.93. The second-order valence-corrected chi connectivity index (χ2v) is 5.07. The predicted molar refractivity (Wildman–Crippen MR) is 81.5 cm³/mol. The van der Waals surface area contributed by atoms with E-state index >= 15 is 0 Å². The standard InChI is InChI=1S/C15H15Cl2NO/c1-10-13(17)4-3-5-14(10)18-9-11-8-12(16)6-7-15(11)19-2/h3-8,18H,9H2,1-2H3. The molecule has 0 amide bonds. The third kappa shape index (κ3) is 3.34. The molecule has 0 aliphatic rings. The van der Waals surface area contributed by atoms with Crippen molar-refractivity contribution in [1.29, 1.82) is 0 Å². The largest absolute Gasteiger partial charge is 0.496 e.